The smallest absolute Gasteiger partial charge is 0.303 e. The van der Waals surface area contributed by atoms with Gasteiger partial charge in [0.25, 0.3) is 5.91 Å². The van der Waals surface area contributed by atoms with Gasteiger partial charge in [0, 0.05) is 25.7 Å². The highest BCUT2D eigenvalue weighted by atomic mass is 16.4. The van der Waals surface area contributed by atoms with Crippen LogP contribution in [0.1, 0.15) is 36.2 Å². The number of carboxylic acid groups (broad SMARTS) is 1. The lowest BCUT2D eigenvalue weighted by Crippen LogP contribution is -2.32. The highest BCUT2D eigenvalue weighted by molar-refractivity contribution is 5.92. The van der Waals surface area contributed by atoms with E-state index in [0.717, 1.165) is 19.3 Å². The van der Waals surface area contributed by atoms with Crippen molar-refractivity contribution in [3.8, 4) is 0 Å². The van der Waals surface area contributed by atoms with Gasteiger partial charge in [-0.1, -0.05) is 6.07 Å². The van der Waals surface area contributed by atoms with Crippen molar-refractivity contribution >= 4 is 11.9 Å². The van der Waals surface area contributed by atoms with Gasteiger partial charge in [0.1, 0.15) is 5.69 Å². The van der Waals surface area contributed by atoms with E-state index in [2.05, 4.69) is 4.98 Å². The molecule has 1 N–H and O–H groups in total. The molecule has 1 aliphatic rings. The van der Waals surface area contributed by atoms with E-state index >= 15 is 0 Å². The molecule has 1 fully saturated rings. The van der Waals surface area contributed by atoms with Crippen LogP contribution in [0, 0.1) is 5.92 Å². The molecule has 1 amide bonds. The number of amides is 1. The molecule has 2 rings (SSSR count). The van der Waals surface area contributed by atoms with E-state index in [1.807, 2.05) is 0 Å². The van der Waals surface area contributed by atoms with Gasteiger partial charge in [0.2, 0.25) is 0 Å². The number of carboxylic acids is 1. The predicted molar refractivity (Wildman–Crippen MR) is 69.7 cm³/mol. The second-order valence-electron chi connectivity index (χ2n) is 4.90. The summed E-state index contributed by atoms with van der Waals surface area (Å²) in [6.07, 6.45) is 4.30. The van der Waals surface area contributed by atoms with Crippen molar-refractivity contribution in [1.82, 2.24) is 9.88 Å². The number of carbonyl (C=O) groups excluding carboxylic acids is 1. The zero-order valence-electron chi connectivity index (χ0n) is 10.8. The third kappa shape index (κ3) is 3.77. The molecule has 2 heterocycles. The van der Waals surface area contributed by atoms with Crippen LogP contribution in [0.2, 0.25) is 0 Å². The zero-order chi connectivity index (χ0) is 13.7. The molecule has 0 aromatic carbocycles. The molecule has 0 radical (unpaired) electrons. The van der Waals surface area contributed by atoms with E-state index in [0.29, 0.717) is 18.8 Å². The maximum Gasteiger partial charge on any atom is 0.303 e. The largest absolute Gasteiger partial charge is 0.481 e. The molecule has 0 saturated carbocycles. The van der Waals surface area contributed by atoms with Crippen molar-refractivity contribution in [3.05, 3.63) is 30.1 Å². The number of aliphatic carboxylic acids is 1. The normalized spacial score (nSPS) is 19.8. The van der Waals surface area contributed by atoms with Crippen molar-refractivity contribution in [1.29, 1.82) is 0 Å². The minimum atomic E-state index is -0.755. The van der Waals surface area contributed by atoms with Crippen molar-refractivity contribution in [2.45, 2.75) is 25.7 Å². The molecule has 0 bridgehead atoms. The van der Waals surface area contributed by atoms with Gasteiger partial charge in [0.15, 0.2) is 0 Å². The van der Waals surface area contributed by atoms with Crippen LogP contribution in [0.4, 0.5) is 0 Å². The Morgan fingerprint density at radius 1 is 1.32 bits per heavy atom. The van der Waals surface area contributed by atoms with Gasteiger partial charge < -0.3 is 10.0 Å². The van der Waals surface area contributed by atoms with Gasteiger partial charge in [0.05, 0.1) is 0 Å². The molecule has 1 aromatic heterocycles. The van der Waals surface area contributed by atoms with Crippen LogP contribution in [0.5, 0.6) is 0 Å². The Morgan fingerprint density at radius 3 is 2.84 bits per heavy atom. The van der Waals surface area contributed by atoms with Crippen LogP contribution in [-0.2, 0) is 4.79 Å². The number of hydrogen-bond donors (Lipinski definition) is 1. The van der Waals surface area contributed by atoms with Crippen molar-refractivity contribution in [2.75, 3.05) is 13.1 Å². The first-order chi connectivity index (χ1) is 9.16. The molecule has 5 nitrogen and oxygen atoms in total. The molecule has 1 atom stereocenters. The number of carbonyl (C=O) groups is 2. The lowest BCUT2D eigenvalue weighted by Gasteiger charge is -2.20. The Hall–Kier alpha value is -1.91. The molecule has 1 saturated heterocycles. The summed E-state index contributed by atoms with van der Waals surface area (Å²) in [5.41, 5.74) is 0.458. The van der Waals surface area contributed by atoms with Gasteiger partial charge in [-0.05, 0) is 37.3 Å². The molecule has 0 aliphatic carbocycles. The number of nitrogens with zero attached hydrogens (tertiary/aromatic N) is 2. The fourth-order valence-corrected chi connectivity index (χ4v) is 2.47. The molecule has 1 aliphatic heterocycles. The lowest BCUT2D eigenvalue weighted by atomic mass is 9.97. The summed E-state index contributed by atoms with van der Waals surface area (Å²) in [5, 5.41) is 8.82. The molecule has 5 heteroatoms. The van der Waals surface area contributed by atoms with Gasteiger partial charge in [-0.2, -0.15) is 0 Å². The third-order valence-corrected chi connectivity index (χ3v) is 3.48. The highest BCUT2D eigenvalue weighted by Crippen LogP contribution is 2.21. The zero-order valence-corrected chi connectivity index (χ0v) is 10.8. The number of rotatable bonds is 3. The monoisotopic (exact) mass is 262 g/mol. The Morgan fingerprint density at radius 2 is 2.16 bits per heavy atom. The Labute approximate surface area is 112 Å². The van der Waals surface area contributed by atoms with E-state index < -0.39 is 5.97 Å². The Kier molecular flexibility index (Phi) is 4.49. The quantitative estimate of drug-likeness (QED) is 0.901. The first kappa shape index (κ1) is 13.5. The van der Waals surface area contributed by atoms with Crippen molar-refractivity contribution in [3.63, 3.8) is 0 Å². The maximum atomic E-state index is 12.2. The third-order valence-electron chi connectivity index (χ3n) is 3.48. The van der Waals surface area contributed by atoms with Crippen LogP contribution in [0.15, 0.2) is 24.4 Å². The second kappa shape index (κ2) is 6.31. The van der Waals surface area contributed by atoms with Gasteiger partial charge in [-0.25, -0.2) is 0 Å². The predicted octanol–water partition coefficient (Wildman–Crippen LogP) is 1.80. The molecule has 0 unspecified atom stereocenters. The van der Waals surface area contributed by atoms with Crippen LogP contribution < -0.4 is 0 Å². The SMILES string of the molecule is O=C(O)C[C@H]1CCCN(C(=O)c2ccccn2)CC1. The van der Waals surface area contributed by atoms with E-state index in [-0.39, 0.29) is 18.2 Å². The van der Waals surface area contributed by atoms with E-state index in [4.69, 9.17) is 5.11 Å². The van der Waals surface area contributed by atoms with Gasteiger partial charge >= 0.3 is 5.97 Å². The van der Waals surface area contributed by atoms with Crippen LogP contribution >= 0.6 is 0 Å². The topological polar surface area (TPSA) is 70.5 Å². The average Bonchev–Trinajstić information content (AvgIpc) is 2.64. The number of aromatic nitrogens is 1. The fourth-order valence-electron chi connectivity index (χ4n) is 2.47. The summed E-state index contributed by atoms with van der Waals surface area (Å²) in [6.45, 7) is 1.30. The second-order valence-corrected chi connectivity index (χ2v) is 4.90. The summed E-state index contributed by atoms with van der Waals surface area (Å²) in [6, 6.07) is 5.29. The van der Waals surface area contributed by atoms with Gasteiger partial charge in [-0.3, -0.25) is 14.6 Å². The van der Waals surface area contributed by atoms with E-state index in [9.17, 15) is 9.59 Å². The van der Waals surface area contributed by atoms with E-state index in [1.54, 1.807) is 29.3 Å². The number of hydrogen-bond acceptors (Lipinski definition) is 3. The lowest BCUT2D eigenvalue weighted by molar-refractivity contribution is -0.138. The standard InChI is InChI=1S/C14H18N2O3/c17-13(18)10-11-4-3-8-16(9-6-11)14(19)12-5-1-2-7-15-12/h1-2,5,7,11H,3-4,6,8-10H2,(H,17,18)/t11-/m0/s1. The average molecular weight is 262 g/mol. The molecular weight excluding hydrogens is 244 g/mol. The Bertz CT molecular complexity index is 447. The summed E-state index contributed by atoms with van der Waals surface area (Å²) in [4.78, 5) is 28.8. The summed E-state index contributed by atoms with van der Waals surface area (Å²) >= 11 is 0. The maximum absolute atomic E-state index is 12.2. The number of pyridine rings is 1. The molecular formula is C14H18N2O3. The van der Waals surface area contributed by atoms with Crippen molar-refractivity contribution in [2.24, 2.45) is 5.92 Å². The molecule has 19 heavy (non-hydrogen) atoms. The summed E-state index contributed by atoms with van der Waals surface area (Å²) in [7, 11) is 0. The molecule has 102 valence electrons. The number of likely N-dealkylation sites (tertiary alicyclic amines) is 1. The Balaban J connectivity index is 1.96. The van der Waals surface area contributed by atoms with Gasteiger partial charge in [-0.15, -0.1) is 0 Å². The fraction of sp³-hybridized carbons (Fsp3) is 0.500. The molecule has 0 spiro atoms. The van der Waals surface area contributed by atoms with Crippen LogP contribution in [0.25, 0.3) is 0 Å². The van der Waals surface area contributed by atoms with E-state index in [1.165, 1.54) is 0 Å². The molecule has 1 aromatic rings. The minimum Gasteiger partial charge on any atom is -0.481 e. The van der Waals surface area contributed by atoms with Crippen LogP contribution in [-0.4, -0.2) is 40.0 Å². The first-order valence-electron chi connectivity index (χ1n) is 6.59. The highest BCUT2D eigenvalue weighted by Gasteiger charge is 2.23. The minimum absolute atomic E-state index is 0.0587. The summed E-state index contributed by atoms with van der Waals surface area (Å²) in [5.74, 6) is -0.634. The summed E-state index contributed by atoms with van der Waals surface area (Å²) < 4.78 is 0. The van der Waals surface area contributed by atoms with Crippen LogP contribution in [0.3, 0.4) is 0 Å². The van der Waals surface area contributed by atoms with Crippen molar-refractivity contribution < 1.29 is 14.7 Å². The first-order valence-corrected chi connectivity index (χ1v) is 6.59.